The molecular formula is C54H53N3O5. The Labute approximate surface area is 362 Å². The van der Waals surface area contributed by atoms with Gasteiger partial charge in [0.2, 0.25) is 0 Å². The van der Waals surface area contributed by atoms with E-state index in [1.165, 1.54) is 4.90 Å². The summed E-state index contributed by atoms with van der Waals surface area (Å²) in [5.74, 6) is -1.06. The molecule has 2 atom stereocenters. The van der Waals surface area contributed by atoms with Crippen molar-refractivity contribution in [1.82, 2.24) is 9.80 Å². The van der Waals surface area contributed by atoms with Gasteiger partial charge < -0.3 is 0 Å². The van der Waals surface area contributed by atoms with Crippen molar-refractivity contribution in [3.05, 3.63) is 137 Å². The van der Waals surface area contributed by atoms with Crippen molar-refractivity contribution >= 4 is 72.4 Å². The number of fused-ring (bicyclic) bond motifs is 2. The van der Waals surface area contributed by atoms with Crippen molar-refractivity contribution in [2.75, 3.05) is 5.06 Å². The molecular weight excluding hydrogens is 771 g/mol. The summed E-state index contributed by atoms with van der Waals surface area (Å²) in [5, 5.41) is 8.65. The number of nitrogens with zero attached hydrogens (tertiary/aromatic N) is 3. The molecule has 0 aliphatic carbocycles. The molecule has 0 unspecified atom stereocenters. The summed E-state index contributed by atoms with van der Waals surface area (Å²) in [7, 11) is 0. The zero-order valence-electron chi connectivity index (χ0n) is 35.9. The van der Waals surface area contributed by atoms with Crippen molar-refractivity contribution in [3.8, 4) is 0 Å². The molecule has 0 spiro atoms. The molecule has 314 valence electrons. The molecule has 7 aromatic rings. The van der Waals surface area contributed by atoms with Crippen LogP contribution in [0.1, 0.15) is 150 Å². The van der Waals surface area contributed by atoms with E-state index >= 15 is 0 Å². The van der Waals surface area contributed by atoms with Crippen LogP contribution in [0.15, 0.2) is 103 Å². The van der Waals surface area contributed by atoms with Gasteiger partial charge in [-0.3, -0.25) is 33.8 Å². The Morgan fingerprint density at radius 2 is 1.03 bits per heavy atom. The lowest BCUT2D eigenvalue weighted by atomic mass is 9.82. The quantitative estimate of drug-likeness (QED) is 0.0443. The highest BCUT2D eigenvalue weighted by atomic mass is 16.7. The number of amides is 4. The number of hydroxylamine groups is 1. The molecule has 0 N–H and O–H groups in total. The molecule has 8 heteroatoms. The Morgan fingerprint density at radius 3 is 1.52 bits per heavy atom. The average Bonchev–Trinajstić information content (AvgIpc) is 3.70. The Kier molecular flexibility index (Phi) is 10.5. The highest BCUT2D eigenvalue weighted by Crippen LogP contribution is 2.47. The maximum absolute atomic E-state index is 14.5. The molecule has 1 fully saturated rings. The van der Waals surface area contributed by atoms with Crippen LogP contribution in [0, 0.1) is 0 Å². The minimum absolute atomic E-state index is 0.0429. The first-order chi connectivity index (χ1) is 30.3. The van der Waals surface area contributed by atoms with E-state index in [9.17, 15) is 19.2 Å². The molecule has 0 radical (unpaired) electrons. The number of hydrogen-bond donors (Lipinski definition) is 0. The van der Waals surface area contributed by atoms with Gasteiger partial charge in [0.25, 0.3) is 23.6 Å². The molecule has 0 saturated carbocycles. The number of benzene rings is 7. The van der Waals surface area contributed by atoms with Gasteiger partial charge in [-0.15, -0.1) is 0 Å². The molecule has 7 aromatic carbocycles. The minimum atomic E-state index is -0.324. The predicted octanol–water partition coefficient (Wildman–Crippen LogP) is 12.7. The number of anilines is 1. The van der Waals surface area contributed by atoms with Crippen LogP contribution in [-0.2, 0) is 11.4 Å². The molecule has 8 nitrogen and oxygen atoms in total. The molecule has 0 bridgehead atoms. The highest BCUT2D eigenvalue weighted by Gasteiger charge is 2.39. The predicted molar refractivity (Wildman–Crippen MR) is 247 cm³/mol. The molecule has 62 heavy (non-hydrogen) atoms. The second-order valence-electron chi connectivity index (χ2n) is 17.7. The second-order valence-corrected chi connectivity index (χ2v) is 17.7. The number of imide groups is 2. The van der Waals surface area contributed by atoms with Crippen LogP contribution >= 0.6 is 0 Å². The van der Waals surface area contributed by atoms with E-state index in [0.29, 0.717) is 33.0 Å². The SMILES string of the molecule is CCCCCCC(CCCCCC)N1C(=O)c2ccc3c4ccc5c6c(ccc(c7ccc(c2c37)C1=O)c64)C(=O)N(Cc1ccc([C@@H]2C[C@H](C)ON2c2ccccc2)cc1)C5=O. The van der Waals surface area contributed by atoms with Crippen LogP contribution in [-0.4, -0.2) is 45.6 Å². The molecule has 1 saturated heterocycles. The third-order valence-corrected chi connectivity index (χ3v) is 13.7. The van der Waals surface area contributed by atoms with Gasteiger partial charge in [-0.1, -0.05) is 132 Å². The first-order valence-electron chi connectivity index (χ1n) is 22.8. The lowest BCUT2D eigenvalue weighted by Crippen LogP contribution is -2.47. The van der Waals surface area contributed by atoms with E-state index in [1.54, 1.807) is 4.90 Å². The summed E-state index contributed by atoms with van der Waals surface area (Å²) >= 11 is 0. The number of carbonyl (C=O) groups is 4. The standard InChI is InChI=1S/C54H53N3O5/c1-4-6-8-11-15-36(16-12-9-7-5-2)56-53(60)44-29-25-40-38-23-27-42-49-43(28-24-39(47(38)49)41-26-30-45(54(56)61)50(44)48(40)41)52(59)55(51(42)58)32-34-19-21-35(22-20-34)46-31-33(3)62-57(46)37-17-13-10-14-18-37/h10,13-14,17-30,33,36,46H,4-9,11-12,15-16,31-32H2,1-3H3/t33-,46-/m0/s1. The molecule has 10 rings (SSSR count). The van der Waals surface area contributed by atoms with Gasteiger partial charge >= 0.3 is 0 Å². The van der Waals surface area contributed by atoms with Crippen molar-refractivity contribution in [3.63, 3.8) is 0 Å². The fourth-order valence-electron chi connectivity index (χ4n) is 10.7. The Morgan fingerprint density at radius 1 is 0.548 bits per heavy atom. The third kappa shape index (κ3) is 6.53. The third-order valence-electron chi connectivity index (χ3n) is 13.7. The number of unbranched alkanes of at least 4 members (excludes halogenated alkanes) is 6. The zero-order valence-corrected chi connectivity index (χ0v) is 35.9. The van der Waals surface area contributed by atoms with Gasteiger partial charge in [-0.05, 0) is 99.6 Å². The van der Waals surface area contributed by atoms with E-state index in [0.717, 1.165) is 120 Å². The topological polar surface area (TPSA) is 87.2 Å². The highest BCUT2D eigenvalue weighted by molar-refractivity contribution is 6.41. The zero-order chi connectivity index (χ0) is 42.6. The van der Waals surface area contributed by atoms with Crippen molar-refractivity contribution < 1.29 is 24.0 Å². The summed E-state index contributed by atoms with van der Waals surface area (Å²) in [6.07, 6.45) is 11.3. The van der Waals surface area contributed by atoms with Crippen LogP contribution in [0.3, 0.4) is 0 Å². The second kappa shape index (κ2) is 16.3. The Balaban J connectivity index is 0.977. The van der Waals surface area contributed by atoms with E-state index in [-0.39, 0.29) is 48.4 Å². The summed E-state index contributed by atoms with van der Waals surface area (Å²) in [5.41, 5.74) is 5.08. The first-order valence-corrected chi connectivity index (χ1v) is 22.8. The van der Waals surface area contributed by atoms with Crippen LogP contribution in [0.4, 0.5) is 5.69 Å². The lowest BCUT2D eigenvalue weighted by molar-refractivity contribution is 0.0514. The molecule has 4 amide bonds. The van der Waals surface area contributed by atoms with Crippen molar-refractivity contribution in [1.29, 1.82) is 0 Å². The maximum Gasteiger partial charge on any atom is 0.261 e. The Bertz CT molecular complexity index is 2750. The van der Waals surface area contributed by atoms with Gasteiger partial charge in [0.15, 0.2) is 0 Å². The van der Waals surface area contributed by atoms with Crippen LogP contribution in [0.2, 0.25) is 0 Å². The van der Waals surface area contributed by atoms with Crippen LogP contribution in [0.5, 0.6) is 0 Å². The van der Waals surface area contributed by atoms with E-state index < -0.39 is 0 Å². The van der Waals surface area contributed by atoms with Crippen molar-refractivity contribution in [2.45, 2.75) is 116 Å². The van der Waals surface area contributed by atoms with Gasteiger partial charge in [0.05, 0.1) is 24.4 Å². The number of hydrogen-bond acceptors (Lipinski definition) is 6. The number of para-hydroxylation sites is 1. The summed E-state index contributed by atoms with van der Waals surface area (Å²) in [6.45, 7) is 6.62. The van der Waals surface area contributed by atoms with E-state index in [1.807, 2.05) is 96.1 Å². The van der Waals surface area contributed by atoms with E-state index in [2.05, 4.69) is 32.9 Å². The van der Waals surface area contributed by atoms with Gasteiger partial charge in [0.1, 0.15) is 0 Å². The molecule has 3 aliphatic rings. The molecule has 3 heterocycles. The largest absolute Gasteiger partial charge is 0.271 e. The number of rotatable bonds is 15. The van der Waals surface area contributed by atoms with Crippen molar-refractivity contribution in [2.24, 2.45) is 0 Å². The lowest BCUT2D eigenvalue weighted by Gasteiger charge is -2.35. The maximum atomic E-state index is 14.5. The van der Waals surface area contributed by atoms with Gasteiger partial charge in [0, 0.05) is 45.5 Å². The smallest absolute Gasteiger partial charge is 0.261 e. The fraction of sp³-hybridized carbons (Fsp3) is 0.333. The van der Waals surface area contributed by atoms with Gasteiger partial charge in [-0.2, -0.15) is 0 Å². The molecule has 3 aliphatic heterocycles. The van der Waals surface area contributed by atoms with Crippen LogP contribution < -0.4 is 5.06 Å². The van der Waals surface area contributed by atoms with Gasteiger partial charge in [-0.25, -0.2) is 5.06 Å². The minimum Gasteiger partial charge on any atom is -0.271 e. The number of carbonyl (C=O) groups excluding carboxylic acids is 4. The average molecular weight is 824 g/mol. The monoisotopic (exact) mass is 823 g/mol. The molecule has 0 aromatic heterocycles. The van der Waals surface area contributed by atoms with E-state index in [4.69, 9.17) is 4.84 Å². The Hall–Kier alpha value is -6.12. The summed E-state index contributed by atoms with van der Waals surface area (Å²) in [4.78, 5) is 67.0. The summed E-state index contributed by atoms with van der Waals surface area (Å²) in [6, 6.07) is 33.6. The normalized spacial score (nSPS) is 17.7. The van der Waals surface area contributed by atoms with Crippen LogP contribution in [0.25, 0.3) is 43.1 Å². The summed E-state index contributed by atoms with van der Waals surface area (Å²) < 4.78 is 0. The fourth-order valence-corrected chi connectivity index (χ4v) is 10.7. The first kappa shape index (κ1) is 40.0.